The molecular formula is C17H21N3O2. The van der Waals surface area contributed by atoms with Gasteiger partial charge in [-0.2, -0.15) is 0 Å². The molecular weight excluding hydrogens is 278 g/mol. The minimum atomic E-state index is -0.0758. The van der Waals surface area contributed by atoms with Gasteiger partial charge in [-0.05, 0) is 30.5 Å². The first-order chi connectivity index (χ1) is 10.7. The molecule has 0 unspecified atom stereocenters. The van der Waals surface area contributed by atoms with Crippen molar-refractivity contribution in [1.82, 2.24) is 14.9 Å². The summed E-state index contributed by atoms with van der Waals surface area (Å²) in [5, 5.41) is 3.03. The van der Waals surface area contributed by atoms with Gasteiger partial charge in [-0.15, -0.1) is 0 Å². The van der Waals surface area contributed by atoms with Gasteiger partial charge in [0.05, 0.1) is 0 Å². The highest BCUT2D eigenvalue weighted by Crippen LogP contribution is 2.14. The van der Waals surface area contributed by atoms with Crippen LogP contribution in [0, 0.1) is 0 Å². The lowest BCUT2D eigenvalue weighted by Crippen LogP contribution is -2.42. The maximum absolute atomic E-state index is 12.0. The number of aromatic nitrogens is 2. The molecule has 0 fully saturated rings. The van der Waals surface area contributed by atoms with Gasteiger partial charge in [-0.1, -0.05) is 19.1 Å². The van der Waals surface area contributed by atoms with E-state index in [1.54, 1.807) is 0 Å². The second-order valence-corrected chi connectivity index (χ2v) is 5.59. The molecule has 2 heterocycles. The van der Waals surface area contributed by atoms with Gasteiger partial charge in [-0.3, -0.25) is 4.79 Å². The van der Waals surface area contributed by atoms with E-state index < -0.39 is 0 Å². The van der Waals surface area contributed by atoms with Crippen LogP contribution in [0.25, 0.3) is 0 Å². The minimum Gasteiger partial charge on any atom is -0.484 e. The van der Waals surface area contributed by atoms with Crippen LogP contribution < -0.4 is 10.1 Å². The number of hydrogen-bond donors (Lipinski definition) is 1. The SMILES string of the molecule is CCc1ccc(OCC(=O)N[C@@H]2CCc3nccn3C2)cc1. The van der Waals surface area contributed by atoms with Crippen LogP contribution in [0.15, 0.2) is 36.7 Å². The number of rotatable bonds is 5. The first-order valence-corrected chi connectivity index (χ1v) is 7.75. The summed E-state index contributed by atoms with van der Waals surface area (Å²) < 4.78 is 7.63. The van der Waals surface area contributed by atoms with Gasteiger partial charge in [0.2, 0.25) is 0 Å². The Balaban J connectivity index is 1.46. The van der Waals surface area contributed by atoms with Crippen LogP contribution in [0.5, 0.6) is 5.75 Å². The van der Waals surface area contributed by atoms with Crippen molar-refractivity contribution in [2.24, 2.45) is 0 Å². The number of hydrogen-bond acceptors (Lipinski definition) is 3. The molecule has 0 aliphatic carbocycles. The van der Waals surface area contributed by atoms with E-state index in [0.29, 0.717) is 0 Å². The summed E-state index contributed by atoms with van der Waals surface area (Å²) in [6, 6.07) is 8.01. The highest BCUT2D eigenvalue weighted by Gasteiger charge is 2.20. The maximum atomic E-state index is 12.0. The third kappa shape index (κ3) is 3.47. The van der Waals surface area contributed by atoms with Crippen LogP contribution in [0.2, 0.25) is 0 Å². The van der Waals surface area contributed by atoms with E-state index in [1.807, 2.05) is 36.7 Å². The normalized spacial score (nSPS) is 16.9. The van der Waals surface area contributed by atoms with E-state index in [0.717, 1.165) is 37.4 Å². The third-order valence-corrected chi connectivity index (χ3v) is 4.00. The Kier molecular flexibility index (Phi) is 4.42. The van der Waals surface area contributed by atoms with E-state index in [9.17, 15) is 4.79 Å². The Hall–Kier alpha value is -2.30. The van der Waals surface area contributed by atoms with Gasteiger partial charge in [0.1, 0.15) is 11.6 Å². The zero-order valence-corrected chi connectivity index (χ0v) is 12.8. The van der Waals surface area contributed by atoms with Crippen molar-refractivity contribution in [3.05, 3.63) is 48.0 Å². The molecule has 1 aliphatic rings. The lowest BCUT2D eigenvalue weighted by atomic mass is 10.1. The molecule has 0 bridgehead atoms. The van der Waals surface area contributed by atoms with Gasteiger partial charge in [0.25, 0.3) is 5.91 Å². The molecule has 1 atom stereocenters. The lowest BCUT2D eigenvalue weighted by molar-refractivity contribution is -0.124. The second-order valence-electron chi connectivity index (χ2n) is 5.59. The number of aryl methyl sites for hydroxylation is 2. The molecule has 5 nitrogen and oxygen atoms in total. The quantitative estimate of drug-likeness (QED) is 0.918. The molecule has 1 aromatic carbocycles. The van der Waals surface area contributed by atoms with Crippen molar-refractivity contribution < 1.29 is 9.53 Å². The molecule has 0 spiro atoms. The van der Waals surface area contributed by atoms with E-state index in [2.05, 4.69) is 21.8 Å². The molecule has 1 aliphatic heterocycles. The van der Waals surface area contributed by atoms with Crippen LogP contribution in [-0.2, 0) is 24.2 Å². The highest BCUT2D eigenvalue weighted by atomic mass is 16.5. The molecule has 1 amide bonds. The van der Waals surface area contributed by atoms with Crippen LogP contribution in [0.1, 0.15) is 24.7 Å². The fourth-order valence-corrected chi connectivity index (χ4v) is 2.72. The van der Waals surface area contributed by atoms with Crippen molar-refractivity contribution in [2.45, 2.75) is 38.8 Å². The molecule has 116 valence electrons. The standard InChI is InChI=1S/C17H21N3O2/c1-2-13-3-6-15(7-4-13)22-12-17(21)19-14-5-8-16-18-9-10-20(16)11-14/h3-4,6-7,9-10,14H,2,5,8,11-12H2,1H3,(H,19,21)/t14-/m1/s1. The number of amides is 1. The lowest BCUT2D eigenvalue weighted by Gasteiger charge is -2.24. The van der Waals surface area contributed by atoms with E-state index in [-0.39, 0.29) is 18.6 Å². The zero-order chi connectivity index (χ0) is 15.4. The van der Waals surface area contributed by atoms with Gasteiger partial charge < -0.3 is 14.6 Å². The fourth-order valence-electron chi connectivity index (χ4n) is 2.72. The molecule has 1 N–H and O–H groups in total. The molecule has 5 heteroatoms. The van der Waals surface area contributed by atoms with Crippen LogP contribution in [0.4, 0.5) is 0 Å². The monoisotopic (exact) mass is 299 g/mol. The number of carbonyl (C=O) groups is 1. The summed E-state index contributed by atoms with van der Waals surface area (Å²) in [6.45, 7) is 2.95. The average molecular weight is 299 g/mol. The number of nitrogens with zero attached hydrogens (tertiary/aromatic N) is 2. The van der Waals surface area contributed by atoms with Crippen molar-refractivity contribution >= 4 is 5.91 Å². The highest BCUT2D eigenvalue weighted by molar-refractivity contribution is 5.77. The van der Waals surface area contributed by atoms with E-state index >= 15 is 0 Å². The second kappa shape index (κ2) is 6.64. The third-order valence-electron chi connectivity index (χ3n) is 4.00. The van der Waals surface area contributed by atoms with Gasteiger partial charge in [0, 0.05) is 31.4 Å². The van der Waals surface area contributed by atoms with Crippen molar-refractivity contribution in [3.8, 4) is 5.75 Å². The van der Waals surface area contributed by atoms with Crippen molar-refractivity contribution in [2.75, 3.05) is 6.61 Å². The number of imidazole rings is 1. The number of ether oxygens (including phenoxy) is 1. The molecule has 2 aromatic rings. The van der Waals surface area contributed by atoms with Gasteiger partial charge in [-0.25, -0.2) is 4.98 Å². The van der Waals surface area contributed by atoms with Crippen LogP contribution in [0.3, 0.4) is 0 Å². The predicted molar refractivity (Wildman–Crippen MR) is 83.8 cm³/mol. The number of benzene rings is 1. The molecule has 22 heavy (non-hydrogen) atoms. The number of fused-ring (bicyclic) bond motifs is 1. The maximum Gasteiger partial charge on any atom is 0.258 e. The molecule has 1 aromatic heterocycles. The number of carbonyl (C=O) groups excluding carboxylic acids is 1. The summed E-state index contributed by atoms with van der Waals surface area (Å²) >= 11 is 0. The van der Waals surface area contributed by atoms with E-state index in [4.69, 9.17) is 4.74 Å². The Morgan fingerprint density at radius 2 is 2.23 bits per heavy atom. The topological polar surface area (TPSA) is 56.1 Å². The first-order valence-electron chi connectivity index (χ1n) is 7.75. The largest absolute Gasteiger partial charge is 0.484 e. The average Bonchev–Trinajstić information content (AvgIpc) is 3.01. The van der Waals surface area contributed by atoms with Crippen LogP contribution >= 0.6 is 0 Å². The van der Waals surface area contributed by atoms with E-state index in [1.165, 1.54) is 5.56 Å². The Bertz CT molecular complexity index is 634. The smallest absolute Gasteiger partial charge is 0.258 e. The van der Waals surface area contributed by atoms with Crippen molar-refractivity contribution in [3.63, 3.8) is 0 Å². The number of nitrogens with one attached hydrogen (secondary N) is 1. The Labute approximate surface area is 130 Å². The summed E-state index contributed by atoms with van der Waals surface area (Å²) in [5.74, 6) is 1.75. The predicted octanol–water partition coefficient (Wildman–Crippen LogP) is 1.96. The summed E-state index contributed by atoms with van der Waals surface area (Å²) in [5.41, 5.74) is 1.26. The summed E-state index contributed by atoms with van der Waals surface area (Å²) in [4.78, 5) is 16.3. The van der Waals surface area contributed by atoms with Gasteiger partial charge in [0.15, 0.2) is 6.61 Å². The summed E-state index contributed by atoms with van der Waals surface area (Å²) in [7, 11) is 0. The molecule has 3 rings (SSSR count). The molecule has 0 saturated heterocycles. The fraction of sp³-hybridized carbons (Fsp3) is 0.412. The Morgan fingerprint density at radius 1 is 1.41 bits per heavy atom. The van der Waals surface area contributed by atoms with Crippen molar-refractivity contribution in [1.29, 1.82) is 0 Å². The molecule has 0 saturated carbocycles. The summed E-state index contributed by atoms with van der Waals surface area (Å²) in [6.07, 6.45) is 6.59. The van der Waals surface area contributed by atoms with Gasteiger partial charge >= 0.3 is 0 Å². The molecule has 0 radical (unpaired) electrons. The zero-order valence-electron chi connectivity index (χ0n) is 12.8. The minimum absolute atomic E-state index is 0.0543. The first kappa shape index (κ1) is 14.6. The Morgan fingerprint density at radius 3 is 3.00 bits per heavy atom. The van der Waals surface area contributed by atoms with Crippen LogP contribution in [-0.4, -0.2) is 28.1 Å².